The van der Waals surface area contributed by atoms with E-state index in [0.717, 1.165) is 11.4 Å². The van der Waals surface area contributed by atoms with E-state index in [1.54, 1.807) is 0 Å². The van der Waals surface area contributed by atoms with E-state index < -0.39 is 0 Å². The minimum absolute atomic E-state index is 0.612. The van der Waals surface area contributed by atoms with Crippen molar-refractivity contribution in [2.45, 2.75) is 17.7 Å². The fourth-order valence-electron chi connectivity index (χ4n) is 2.30. The van der Waals surface area contributed by atoms with Crippen molar-refractivity contribution in [3.8, 4) is 11.1 Å². The van der Waals surface area contributed by atoms with Gasteiger partial charge in [-0.1, -0.05) is 37.3 Å². The molecular weight excluding hydrogens is 226 g/mol. The van der Waals surface area contributed by atoms with Gasteiger partial charge in [-0.2, -0.15) is 0 Å². The molecule has 1 unspecified atom stereocenters. The SMILES string of the molecule is CC1CSc2c(N)cc(-c3ccccc3)cc21. The van der Waals surface area contributed by atoms with Gasteiger partial charge < -0.3 is 5.73 Å². The molecule has 2 N–H and O–H groups in total. The van der Waals surface area contributed by atoms with Gasteiger partial charge in [0.25, 0.3) is 0 Å². The summed E-state index contributed by atoms with van der Waals surface area (Å²) < 4.78 is 0. The van der Waals surface area contributed by atoms with Crippen LogP contribution in [-0.2, 0) is 0 Å². The average Bonchev–Trinajstić information content (AvgIpc) is 2.73. The molecule has 0 radical (unpaired) electrons. The highest BCUT2D eigenvalue weighted by Gasteiger charge is 2.22. The number of nitrogen functional groups attached to an aromatic ring is 1. The lowest BCUT2D eigenvalue weighted by Gasteiger charge is -2.10. The maximum absolute atomic E-state index is 6.15. The van der Waals surface area contributed by atoms with Crippen molar-refractivity contribution in [1.29, 1.82) is 0 Å². The van der Waals surface area contributed by atoms with Crippen LogP contribution in [0.5, 0.6) is 0 Å². The van der Waals surface area contributed by atoms with E-state index >= 15 is 0 Å². The second-order valence-electron chi connectivity index (χ2n) is 4.56. The standard InChI is InChI=1S/C15H15NS/c1-10-9-17-15-13(10)7-12(8-14(15)16)11-5-3-2-4-6-11/h2-8,10H,9,16H2,1H3. The lowest BCUT2D eigenvalue weighted by atomic mass is 9.96. The van der Waals surface area contributed by atoms with Crippen LogP contribution in [0.15, 0.2) is 47.4 Å². The number of thioether (sulfide) groups is 1. The molecule has 86 valence electrons. The molecule has 1 atom stereocenters. The summed E-state index contributed by atoms with van der Waals surface area (Å²) in [6.07, 6.45) is 0. The van der Waals surface area contributed by atoms with E-state index in [9.17, 15) is 0 Å². The van der Waals surface area contributed by atoms with Gasteiger partial charge in [-0.05, 0) is 34.7 Å². The second-order valence-corrected chi connectivity index (χ2v) is 5.59. The Morgan fingerprint density at radius 3 is 2.65 bits per heavy atom. The van der Waals surface area contributed by atoms with Crippen LogP contribution >= 0.6 is 11.8 Å². The van der Waals surface area contributed by atoms with Crippen molar-refractivity contribution in [1.82, 2.24) is 0 Å². The number of hydrogen-bond donors (Lipinski definition) is 1. The lowest BCUT2D eigenvalue weighted by Crippen LogP contribution is -1.94. The molecule has 1 nitrogen and oxygen atoms in total. The predicted octanol–water partition coefficient (Wildman–Crippen LogP) is 4.15. The minimum Gasteiger partial charge on any atom is -0.398 e. The fourth-order valence-corrected chi connectivity index (χ4v) is 3.55. The monoisotopic (exact) mass is 241 g/mol. The topological polar surface area (TPSA) is 26.0 Å². The first-order valence-corrected chi connectivity index (χ1v) is 6.86. The number of fused-ring (bicyclic) bond motifs is 1. The van der Waals surface area contributed by atoms with Crippen LogP contribution in [0.2, 0.25) is 0 Å². The van der Waals surface area contributed by atoms with Gasteiger partial charge >= 0.3 is 0 Å². The van der Waals surface area contributed by atoms with Crippen molar-refractivity contribution in [3.05, 3.63) is 48.0 Å². The summed E-state index contributed by atoms with van der Waals surface area (Å²) in [5.41, 5.74) is 11.0. The molecule has 1 heterocycles. The van der Waals surface area contributed by atoms with E-state index in [1.807, 2.05) is 17.8 Å². The molecule has 0 fully saturated rings. The Labute approximate surface area is 106 Å². The minimum atomic E-state index is 0.612. The van der Waals surface area contributed by atoms with Crippen LogP contribution < -0.4 is 5.73 Å². The van der Waals surface area contributed by atoms with E-state index in [2.05, 4.69) is 43.3 Å². The zero-order chi connectivity index (χ0) is 11.8. The number of nitrogens with two attached hydrogens (primary N) is 1. The Bertz CT molecular complexity index is 548. The summed E-state index contributed by atoms with van der Waals surface area (Å²) >= 11 is 1.88. The molecule has 1 aliphatic heterocycles. The second kappa shape index (κ2) is 4.11. The van der Waals surface area contributed by atoms with Gasteiger partial charge in [0.15, 0.2) is 0 Å². The summed E-state index contributed by atoms with van der Waals surface area (Å²) in [6, 6.07) is 14.8. The molecule has 0 saturated carbocycles. The van der Waals surface area contributed by atoms with Crippen LogP contribution in [-0.4, -0.2) is 5.75 Å². The Kier molecular flexibility index (Phi) is 2.60. The van der Waals surface area contributed by atoms with Crippen LogP contribution in [0.4, 0.5) is 5.69 Å². The summed E-state index contributed by atoms with van der Waals surface area (Å²) in [4.78, 5) is 1.29. The third-order valence-electron chi connectivity index (χ3n) is 3.26. The molecular formula is C15H15NS. The van der Waals surface area contributed by atoms with Crippen LogP contribution in [0, 0.1) is 0 Å². The van der Waals surface area contributed by atoms with Crippen molar-refractivity contribution in [2.24, 2.45) is 0 Å². The molecule has 17 heavy (non-hydrogen) atoms. The van der Waals surface area contributed by atoms with E-state index in [4.69, 9.17) is 5.73 Å². The highest BCUT2D eigenvalue weighted by atomic mass is 32.2. The van der Waals surface area contributed by atoms with Crippen LogP contribution in [0.25, 0.3) is 11.1 Å². The first-order chi connectivity index (χ1) is 8.25. The molecule has 0 bridgehead atoms. The summed E-state index contributed by atoms with van der Waals surface area (Å²) in [7, 11) is 0. The normalized spacial score (nSPS) is 18.1. The van der Waals surface area contributed by atoms with Crippen molar-refractivity contribution in [2.75, 3.05) is 11.5 Å². The third-order valence-corrected chi connectivity index (χ3v) is 4.69. The fraction of sp³-hybridized carbons (Fsp3) is 0.200. The van der Waals surface area contributed by atoms with Gasteiger partial charge in [-0.15, -0.1) is 11.8 Å². The zero-order valence-corrected chi connectivity index (χ0v) is 10.6. The van der Waals surface area contributed by atoms with E-state index in [0.29, 0.717) is 5.92 Å². The molecule has 2 heteroatoms. The molecule has 1 aliphatic rings. The Hall–Kier alpha value is -1.41. The summed E-state index contributed by atoms with van der Waals surface area (Å²) in [6.45, 7) is 2.27. The molecule has 2 aromatic rings. The van der Waals surface area contributed by atoms with Crippen molar-refractivity contribution >= 4 is 17.4 Å². The Morgan fingerprint density at radius 2 is 1.88 bits per heavy atom. The number of hydrogen-bond acceptors (Lipinski definition) is 2. The lowest BCUT2D eigenvalue weighted by molar-refractivity contribution is 0.884. The number of rotatable bonds is 1. The third kappa shape index (κ3) is 1.83. The summed E-state index contributed by atoms with van der Waals surface area (Å²) in [5.74, 6) is 1.76. The largest absolute Gasteiger partial charge is 0.398 e. The predicted molar refractivity (Wildman–Crippen MR) is 75.4 cm³/mol. The van der Waals surface area contributed by atoms with Gasteiger partial charge in [-0.3, -0.25) is 0 Å². The molecule has 0 saturated heterocycles. The molecule has 3 rings (SSSR count). The van der Waals surface area contributed by atoms with Gasteiger partial charge in [0, 0.05) is 16.3 Å². The number of benzene rings is 2. The molecule has 0 amide bonds. The van der Waals surface area contributed by atoms with Crippen LogP contribution in [0.1, 0.15) is 18.4 Å². The smallest absolute Gasteiger partial charge is 0.0461 e. The molecule has 0 spiro atoms. The maximum atomic E-state index is 6.15. The highest BCUT2D eigenvalue weighted by Crippen LogP contribution is 2.44. The van der Waals surface area contributed by atoms with Gasteiger partial charge in [0.1, 0.15) is 0 Å². The van der Waals surface area contributed by atoms with Crippen molar-refractivity contribution in [3.63, 3.8) is 0 Å². The first-order valence-electron chi connectivity index (χ1n) is 5.87. The zero-order valence-electron chi connectivity index (χ0n) is 9.81. The van der Waals surface area contributed by atoms with Gasteiger partial charge in [-0.25, -0.2) is 0 Å². The molecule has 0 aliphatic carbocycles. The molecule has 2 aromatic carbocycles. The Morgan fingerprint density at radius 1 is 1.12 bits per heavy atom. The Balaban J connectivity index is 2.15. The van der Waals surface area contributed by atoms with Gasteiger partial charge in [0.2, 0.25) is 0 Å². The summed E-state index contributed by atoms with van der Waals surface area (Å²) in [5, 5.41) is 0. The van der Waals surface area contributed by atoms with Crippen LogP contribution in [0.3, 0.4) is 0 Å². The first kappa shape index (κ1) is 10.7. The van der Waals surface area contributed by atoms with E-state index in [1.165, 1.54) is 21.6 Å². The number of anilines is 1. The molecule has 0 aromatic heterocycles. The maximum Gasteiger partial charge on any atom is 0.0461 e. The average molecular weight is 241 g/mol. The van der Waals surface area contributed by atoms with Gasteiger partial charge in [0.05, 0.1) is 0 Å². The van der Waals surface area contributed by atoms with E-state index in [-0.39, 0.29) is 0 Å². The highest BCUT2D eigenvalue weighted by molar-refractivity contribution is 7.99. The van der Waals surface area contributed by atoms with Crippen molar-refractivity contribution < 1.29 is 0 Å². The quantitative estimate of drug-likeness (QED) is 0.759.